The average molecular weight is 236 g/mol. The number of ether oxygens (including phenoxy) is 2. The summed E-state index contributed by atoms with van der Waals surface area (Å²) in [6.45, 7) is 3.21. The van der Waals surface area contributed by atoms with Gasteiger partial charge in [-0.3, -0.25) is 0 Å². The Labute approximate surface area is 102 Å². The molecule has 1 aliphatic rings. The zero-order chi connectivity index (χ0) is 12.3. The Morgan fingerprint density at radius 1 is 1.12 bits per heavy atom. The molecule has 0 amide bonds. The SMILES string of the molecule is CC(N)CCC(N)c1ccc2c(c1)OCCO2. The highest BCUT2D eigenvalue weighted by molar-refractivity contribution is 5.44. The Kier molecular flexibility index (Phi) is 3.86. The van der Waals surface area contributed by atoms with Crippen LogP contribution in [0.2, 0.25) is 0 Å². The molecule has 1 heterocycles. The van der Waals surface area contributed by atoms with Crippen molar-refractivity contribution in [2.75, 3.05) is 13.2 Å². The van der Waals surface area contributed by atoms with Crippen LogP contribution in [0.1, 0.15) is 31.4 Å². The lowest BCUT2D eigenvalue weighted by atomic mass is 10.0. The highest BCUT2D eigenvalue weighted by Crippen LogP contribution is 2.32. The van der Waals surface area contributed by atoms with Crippen molar-refractivity contribution in [2.45, 2.75) is 31.8 Å². The van der Waals surface area contributed by atoms with Crippen LogP contribution in [0, 0.1) is 0 Å². The first-order valence-corrected chi connectivity index (χ1v) is 6.07. The summed E-state index contributed by atoms with van der Waals surface area (Å²) in [6, 6.07) is 6.10. The van der Waals surface area contributed by atoms with Gasteiger partial charge in [-0.15, -0.1) is 0 Å². The largest absolute Gasteiger partial charge is 0.486 e. The fourth-order valence-electron chi connectivity index (χ4n) is 1.90. The van der Waals surface area contributed by atoms with Crippen LogP contribution in [-0.4, -0.2) is 19.3 Å². The van der Waals surface area contributed by atoms with Crippen molar-refractivity contribution in [1.29, 1.82) is 0 Å². The summed E-state index contributed by atoms with van der Waals surface area (Å²) in [5, 5.41) is 0. The topological polar surface area (TPSA) is 70.5 Å². The molecule has 94 valence electrons. The zero-order valence-corrected chi connectivity index (χ0v) is 10.2. The second-order valence-electron chi connectivity index (χ2n) is 4.56. The van der Waals surface area contributed by atoms with Gasteiger partial charge in [-0.25, -0.2) is 0 Å². The van der Waals surface area contributed by atoms with Gasteiger partial charge in [0, 0.05) is 12.1 Å². The second kappa shape index (κ2) is 5.38. The number of hydrogen-bond acceptors (Lipinski definition) is 4. The van der Waals surface area contributed by atoms with Crippen molar-refractivity contribution >= 4 is 0 Å². The molecule has 0 aliphatic carbocycles. The van der Waals surface area contributed by atoms with E-state index >= 15 is 0 Å². The summed E-state index contributed by atoms with van der Waals surface area (Å²) < 4.78 is 11.0. The van der Waals surface area contributed by atoms with E-state index in [0.29, 0.717) is 13.2 Å². The lowest BCUT2D eigenvalue weighted by Gasteiger charge is -2.20. The van der Waals surface area contributed by atoms with E-state index in [1.165, 1.54) is 0 Å². The van der Waals surface area contributed by atoms with Crippen molar-refractivity contribution in [3.63, 3.8) is 0 Å². The minimum Gasteiger partial charge on any atom is -0.486 e. The predicted molar refractivity (Wildman–Crippen MR) is 67.2 cm³/mol. The Morgan fingerprint density at radius 3 is 2.53 bits per heavy atom. The molecule has 1 aromatic carbocycles. The minimum atomic E-state index is 0.0110. The summed E-state index contributed by atoms with van der Waals surface area (Å²) in [7, 11) is 0. The molecule has 0 saturated heterocycles. The van der Waals surface area contributed by atoms with Crippen molar-refractivity contribution in [1.82, 2.24) is 0 Å². The number of rotatable bonds is 4. The number of fused-ring (bicyclic) bond motifs is 1. The summed E-state index contributed by atoms with van der Waals surface area (Å²) >= 11 is 0. The van der Waals surface area contributed by atoms with Gasteiger partial charge in [0.25, 0.3) is 0 Å². The van der Waals surface area contributed by atoms with Gasteiger partial charge in [-0.05, 0) is 37.5 Å². The summed E-state index contributed by atoms with van der Waals surface area (Å²) in [5.74, 6) is 1.60. The van der Waals surface area contributed by atoms with Crippen LogP contribution < -0.4 is 20.9 Å². The lowest BCUT2D eigenvalue weighted by molar-refractivity contribution is 0.171. The first-order chi connectivity index (χ1) is 8.16. The molecule has 0 bridgehead atoms. The molecule has 4 N–H and O–H groups in total. The fourth-order valence-corrected chi connectivity index (χ4v) is 1.90. The third kappa shape index (κ3) is 3.11. The van der Waals surface area contributed by atoms with Crippen LogP contribution in [-0.2, 0) is 0 Å². The molecular weight excluding hydrogens is 216 g/mol. The van der Waals surface area contributed by atoms with Gasteiger partial charge in [0.15, 0.2) is 11.5 Å². The van der Waals surface area contributed by atoms with Crippen molar-refractivity contribution < 1.29 is 9.47 Å². The third-order valence-corrected chi connectivity index (χ3v) is 2.93. The van der Waals surface area contributed by atoms with Gasteiger partial charge in [-0.1, -0.05) is 6.07 Å². The average Bonchev–Trinajstić information content (AvgIpc) is 2.35. The van der Waals surface area contributed by atoms with Gasteiger partial charge >= 0.3 is 0 Å². The monoisotopic (exact) mass is 236 g/mol. The van der Waals surface area contributed by atoms with Gasteiger partial charge in [0.2, 0.25) is 0 Å². The van der Waals surface area contributed by atoms with E-state index < -0.39 is 0 Å². The quantitative estimate of drug-likeness (QED) is 0.832. The predicted octanol–water partition coefficient (Wildman–Crippen LogP) is 1.58. The molecule has 2 rings (SSSR count). The van der Waals surface area contributed by atoms with E-state index in [0.717, 1.165) is 29.9 Å². The Hall–Kier alpha value is -1.26. The van der Waals surface area contributed by atoms with E-state index in [1.807, 2.05) is 25.1 Å². The lowest BCUT2D eigenvalue weighted by Crippen LogP contribution is -2.19. The Bertz CT molecular complexity index is 380. The Balaban J connectivity index is 2.05. The molecule has 17 heavy (non-hydrogen) atoms. The molecule has 0 saturated carbocycles. The van der Waals surface area contributed by atoms with E-state index in [2.05, 4.69) is 0 Å². The molecule has 0 fully saturated rings. The maximum atomic E-state index is 6.12. The van der Waals surface area contributed by atoms with Crippen LogP contribution >= 0.6 is 0 Å². The fraction of sp³-hybridized carbons (Fsp3) is 0.538. The Morgan fingerprint density at radius 2 is 1.82 bits per heavy atom. The maximum absolute atomic E-state index is 6.12. The molecule has 0 spiro atoms. The van der Waals surface area contributed by atoms with E-state index in [1.54, 1.807) is 0 Å². The van der Waals surface area contributed by atoms with Crippen molar-refractivity contribution in [3.8, 4) is 11.5 Å². The zero-order valence-electron chi connectivity index (χ0n) is 10.2. The van der Waals surface area contributed by atoms with Crippen LogP contribution in [0.25, 0.3) is 0 Å². The summed E-state index contributed by atoms with van der Waals surface area (Å²) in [6.07, 6.45) is 1.81. The normalized spacial score (nSPS) is 17.6. The van der Waals surface area contributed by atoms with E-state index in [4.69, 9.17) is 20.9 Å². The molecule has 0 radical (unpaired) electrons. The van der Waals surface area contributed by atoms with Crippen LogP contribution in [0.4, 0.5) is 0 Å². The van der Waals surface area contributed by atoms with Gasteiger partial charge < -0.3 is 20.9 Å². The number of nitrogens with two attached hydrogens (primary N) is 2. The molecule has 1 aromatic rings. The van der Waals surface area contributed by atoms with Gasteiger partial charge in [-0.2, -0.15) is 0 Å². The van der Waals surface area contributed by atoms with E-state index in [9.17, 15) is 0 Å². The second-order valence-corrected chi connectivity index (χ2v) is 4.56. The number of hydrogen-bond donors (Lipinski definition) is 2. The van der Waals surface area contributed by atoms with Crippen molar-refractivity contribution in [2.24, 2.45) is 11.5 Å². The first-order valence-electron chi connectivity index (χ1n) is 6.07. The standard InChI is InChI=1S/C13H20N2O2/c1-9(14)2-4-11(15)10-3-5-12-13(8-10)17-7-6-16-12/h3,5,8-9,11H,2,4,6-7,14-15H2,1H3. The third-order valence-electron chi connectivity index (χ3n) is 2.93. The first kappa shape index (κ1) is 12.2. The molecule has 0 aromatic heterocycles. The molecule has 2 unspecified atom stereocenters. The molecule has 4 heteroatoms. The molecule has 4 nitrogen and oxygen atoms in total. The number of benzene rings is 1. The van der Waals surface area contributed by atoms with Gasteiger partial charge in [0.1, 0.15) is 13.2 Å². The molecule has 1 aliphatic heterocycles. The van der Waals surface area contributed by atoms with Crippen LogP contribution in [0.3, 0.4) is 0 Å². The van der Waals surface area contributed by atoms with Crippen LogP contribution in [0.15, 0.2) is 18.2 Å². The smallest absolute Gasteiger partial charge is 0.161 e. The summed E-state index contributed by atoms with van der Waals surface area (Å²) in [4.78, 5) is 0. The van der Waals surface area contributed by atoms with Crippen LogP contribution in [0.5, 0.6) is 11.5 Å². The van der Waals surface area contributed by atoms with E-state index in [-0.39, 0.29) is 12.1 Å². The molecule has 2 atom stereocenters. The highest BCUT2D eigenvalue weighted by atomic mass is 16.6. The molecular formula is C13H20N2O2. The summed E-state index contributed by atoms with van der Waals surface area (Å²) in [5.41, 5.74) is 12.9. The minimum absolute atomic E-state index is 0.0110. The van der Waals surface area contributed by atoms with Crippen molar-refractivity contribution in [3.05, 3.63) is 23.8 Å². The van der Waals surface area contributed by atoms with Gasteiger partial charge in [0.05, 0.1) is 0 Å². The highest BCUT2D eigenvalue weighted by Gasteiger charge is 2.14. The maximum Gasteiger partial charge on any atom is 0.161 e.